The summed E-state index contributed by atoms with van der Waals surface area (Å²) in [7, 11) is 0. The Bertz CT molecular complexity index is 1670. The second-order valence-electron chi connectivity index (χ2n) is 10.6. The van der Waals surface area contributed by atoms with E-state index in [1.165, 1.54) is 0 Å². The molecule has 42 heavy (non-hydrogen) atoms. The smallest absolute Gasteiger partial charge is 0.0721 e. The molecule has 0 heterocycles. The van der Waals surface area contributed by atoms with Gasteiger partial charge in [-0.15, -0.1) is 0 Å². The fourth-order valence-corrected chi connectivity index (χ4v) is 4.72. The Morgan fingerprint density at radius 2 is 0.833 bits per heavy atom. The Morgan fingerprint density at radius 3 is 1.14 bits per heavy atom. The van der Waals surface area contributed by atoms with Gasteiger partial charge in [0.1, 0.15) is 0 Å². The summed E-state index contributed by atoms with van der Waals surface area (Å²) in [6.07, 6.45) is 0. The molecule has 206 valence electrons. The van der Waals surface area contributed by atoms with E-state index in [2.05, 4.69) is 134 Å². The van der Waals surface area contributed by atoms with E-state index in [0.717, 1.165) is 66.1 Å². The lowest BCUT2D eigenvalue weighted by molar-refractivity contribution is 0.143. The lowest BCUT2D eigenvalue weighted by Crippen LogP contribution is -1.95. The van der Waals surface area contributed by atoms with Crippen molar-refractivity contribution in [2.75, 3.05) is 13.2 Å². The fraction of sp³-hybridized carbons (Fsp3) is 0.150. The third kappa shape index (κ3) is 7.25. The fourth-order valence-electron chi connectivity index (χ4n) is 4.72. The van der Waals surface area contributed by atoms with Crippen LogP contribution in [0.2, 0.25) is 0 Å². The summed E-state index contributed by atoms with van der Waals surface area (Å²) >= 11 is 0. The zero-order valence-corrected chi connectivity index (χ0v) is 24.3. The van der Waals surface area contributed by atoms with Gasteiger partial charge in [-0.2, -0.15) is 0 Å². The van der Waals surface area contributed by atoms with Crippen molar-refractivity contribution in [3.05, 3.63) is 155 Å². The highest BCUT2D eigenvalue weighted by Crippen LogP contribution is 2.32. The van der Waals surface area contributed by atoms with Crippen LogP contribution in [0.25, 0.3) is 21.5 Å². The zero-order valence-electron chi connectivity index (χ0n) is 24.3. The monoisotopic (exact) mass is 546 g/mol. The molecule has 0 aliphatic heterocycles. The Morgan fingerprint density at radius 1 is 0.500 bits per heavy atom. The molecule has 0 unspecified atom stereocenters. The third-order valence-corrected chi connectivity index (χ3v) is 6.74. The van der Waals surface area contributed by atoms with Gasteiger partial charge < -0.3 is 9.47 Å². The van der Waals surface area contributed by atoms with Crippen LogP contribution >= 0.6 is 0 Å². The van der Waals surface area contributed by atoms with Gasteiger partial charge in [0.2, 0.25) is 0 Å². The number of hydrogen-bond donors (Lipinski definition) is 0. The van der Waals surface area contributed by atoms with Crippen molar-refractivity contribution >= 4 is 21.5 Å². The molecule has 0 aliphatic carbocycles. The quantitative estimate of drug-likeness (QED) is 0.110. The largest absolute Gasteiger partial charge is 0.372 e. The first-order valence-electron chi connectivity index (χ1n) is 14.1. The number of hydrogen-bond acceptors (Lipinski definition) is 2. The predicted molar refractivity (Wildman–Crippen MR) is 175 cm³/mol. The average Bonchev–Trinajstić information content (AvgIpc) is 3.00. The minimum Gasteiger partial charge on any atom is -0.372 e. The summed E-state index contributed by atoms with van der Waals surface area (Å²) in [5.41, 5.74) is 8.22. The summed E-state index contributed by atoms with van der Waals surface area (Å²) in [5, 5.41) is 4.40. The van der Waals surface area contributed by atoms with E-state index in [4.69, 9.17) is 9.47 Å². The maximum absolute atomic E-state index is 5.68. The van der Waals surface area contributed by atoms with Crippen molar-refractivity contribution < 1.29 is 9.47 Å². The van der Waals surface area contributed by atoms with E-state index in [1.807, 2.05) is 13.8 Å². The molecule has 0 amide bonds. The van der Waals surface area contributed by atoms with E-state index in [9.17, 15) is 0 Å². The van der Waals surface area contributed by atoms with E-state index in [-0.39, 0.29) is 0 Å². The SMILES string of the molecule is C=C(C)COCc1ccc(C#Cc2c3ccccc3c(C#Cc3ccc(COCC(=C)C)cc3)c3ccccc23)cc1. The van der Waals surface area contributed by atoms with Crippen LogP contribution in [0.15, 0.2) is 121 Å². The van der Waals surface area contributed by atoms with Gasteiger partial charge in [-0.05, 0) is 70.8 Å². The lowest BCUT2D eigenvalue weighted by Gasteiger charge is -2.10. The van der Waals surface area contributed by atoms with Crippen LogP contribution in [-0.4, -0.2) is 13.2 Å². The minimum absolute atomic E-state index is 0.562. The molecule has 0 fully saturated rings. The van der Waals surface area contributed by atoms with Crippen molar-refractivity contribution in [3.8, 4) is 23.7 Å². The summed E-state index contributed by atoms with van der Waals surface area (Å²) in [5.74, 6) is 13.8. The normalized spacial score (nSPS) is 10.5. The van der Waals surface area contributed by atoms with E-state index < -0.39 is 0 Å². The van der Waals surface area contributed by atoms with Gasteiger partial charge in [-0.1, -0.05) is 121 Å². The van der Waals surface area contributed by atoms with Crippen LogP contribution in [-0.2, 0) is 22.7 Å². The topological polar surface area (TPSA) is 18.5 Å². The number of rotatable bonds is 8. The average molecular weight is 547 g/mol. The molecule has 0 bridgehead atoms. The van der Waals surface area contributed by atoms with Gasteiger partial charge in [0.25, 0.3) is 0 Å². The molecule has 0 N–H and O–H groups in total. The van der Waals surface area contributed by atoms with Crippen LogP contribution in [0.4, 0.5) is 0 Å². The Balaban J connectivity index is 1.47. The van der Waals surface area contributed by atoms with Crippen molar-refractivity contribution in [1.29, 1.82) is 0 Å². The van der Waals surface area contributed by atoms with Crippen LogP contribution in [0, 0.1) is 23.7 Å². The second kappa shape index (κ2) is 13.7. The van der Waals surface area contributed by atoms with Crippen LogP contribution < -0.4 is 0 Å². The third-order valence-electron chi connectivity index (χ3n) is 6.74. The molecule has 0 radical (unpaired) electrons. The molecule has 5 aromatic carbocycles. The number of fused-ring (bicyclic) bond motifs is 2. The Kier molecular flexibility index (Phi) is 9.33. The molecule has 2 nitrogen and oxygen atoms in total. The Labute approximate surface area is 249 Å². The van der Waals surface area contributed by atoms with E-state index in [1.54, 1.807) is 0 Å². The number of benzene rings is 5. The van der Waals surface area contributed by atoms with Gasteiger partial charge in [0, 0.05) is 22.3 Å². The van der Waals surface area contributed by atoms with Crippen LogP contribution in [0.5, 0.6) is 0 Å². The minimum atomic E-state index is 0.562. The second-order valence-corrected chi connectivity index (χ2v) is 10.6. The molecule has 0 aliphatic rings. The first-order chi connectivity index (χ1) is 20.5. The highest BCUT2D eigenvalue weighted by Gasteiger charge is 2.11. The molecule has 0 aromatic heterocycles. The summed E-state index contributed by atoms with van der Waals surface area (Å²) in [4.78, 5) is 0. The van der Waals surface area contributed by atoms with Crippen molar-refractivity contribution in [2.24, 2.45) is 0 Å². The van der Waals surface area contributed by atoms with Gasteiger partial charge >= 0.3 is 0 Å². The number of ether oxygens (including phenoxy) is 2. The van der Waals surface area contributed by atoms with Crippen LogP contribution in [0.1, 0.15) is 47.2 Å². The molecular formula is C40H34O2. The van der Waals surface area contributed by atoms with Crippen molar-refractivity contribution in [2.45, 2.75) is 27.1 Å². The molecule has 0 spiro atoms. The molecular weight excluding hydrogens is 512 g/mol. The predicted octanol–water partition coefficient (Wildman–Crippen LogP) is 8.98. The van der Waals surface area contributed by atoms with E-state index >= 15 is 0 Å². The van der Waals surface area contributed by atoms with E-state index in [0.29, 0.717) is 26.4 Å². The van der Waals surface area contributed by atoms with Gasteiger partial charge in [0.05, 0.1) is 26.4 Å². The van der Waals surface area contributed by atoms with Gasteiger partial charge in [-0.25, -0.2) is 0 Å². The molecule has 5 aromatic rings. The summed E-state index contributed by atoms with van der Waals surface area (Å²) in [6.45, 7) is 14.0. The van der Waals surface area contributed by atoms with Crippen LogP contribution in [0.3, 0.4) is 0 Å². The first kappa shape index (κ1) is 28.7. The standard InChI is InChI=1S/C40H34O2/c1-29(2)25-41-27-33-17-13-31(14-18-33)21-23-39-35-9-5-7-11-37(35)40(38-12-8-6-10-36(38)39)24-22-32-15-19-34(20-16-32)28-42-26-30(3)4/h5-20H,1,3,25-28H2,2,4H3. The van der Waals surface area contributed by atoms with Crippen molar-refractivity contribution in [3.63, 3.8) is 0 Å². The zero-order chi connectivity index (χ0) is 29.3. The lowest BCUT2D eigenvalue weighted by atomic mass is 9.92. The molecule has 0 saturated carbocycles. The molecule has 2 heteroatoms. The maximum Gasteiger partial charge on any atom is 0.0721 e. The summed E-state index contributed by atoms with van der Waals surface area (Å²) < 4.78 is 11.4. The maximum atomic E-state index is 5.68. The van der Waals surface area contributed by atoms with Gasteiger partial charge in [-0.3, -0.25) is 0 Å². The molecule has 0 atom stereocenters. The van der Waals surface area contributed by atoms with Crippen molar-refractivity contribution in [1.82, 2.24) is 0 Å². The highest BCUT2D eigenvalue weighted by atomic mass is 16.5. The highest BCUT2D eigenvalue weighted by molar-refractivity contribution is 6.09. The summed E-state index contributed by atoms with van der Waals surface area (Å²) in [6, 6.07) is 33.3. The molecule has 5 rings (SSSR count). The molecule has 0 saturated heterocycles. The first-order valence-corrected chi connectivity index (χ1v) is 14.1. The van der Waals surface area contributed by atoms with Gasteiger partial charge in [0.15, 0.2) is 0 Å². The Hall–Kier alpha value is -4.86.